The van der Waals surface area contributed by atoms with Crippen molar-refractivity contribution in [1.29, 1.82) is 0 Å². The molecule has 220 valence electrons. The van der Waals surface area contributed by atoms with E-state index in [0.717, 1.165) is 12.3 Å². The second-order valence-corrected chi connectivity index (χ2v) is 13.8. The average molecular weight is 566 g/mol. The third-order valence-corrected chi connectivity index (χ3v) is 11.1. The van der Waals surface area contributed by atoms with Crippen LogP contribution in [-0.4, -0.2) is 13.1 Å². The van der Waals surface area contributed by atoms with E-state index < -0.39 is 0 Å². The van der Waals surface area contributed by atoms with Gasteiger partial charge in [0.2, 0.25) is 0 Å². The summed E-state index contributed by atoms with van der Waals surface area (Å²) in [5, 5.41) is 0. The van der Waals surface area contributed by atoms with E-state index in [1.807, 2.05) is 0 Å². The molecule has 1 fully saturated rings. The summed E-state index contributed by atoms with van der Waals surface area (Å²) in [6, 6.07) is 30.6. The molecule has 1 saturated carbocycles. The Kier molecular flexibility index (Phi) is 7.54. The molecule has 0 heterocycles. The van der Waals surface area contributed by atoms with Gasteiger partial charge in [0.15, 0.2) is 0 Å². The fraction of sp³-hybridized carbons (Fsp3) is 0.381. The first kappa shape index (κ1) is 28.2. The Balaban J connectivity index is 1.42. The van der Waals surface area contributed by atoms with Crippen LogP contribution in [0.1, 0.15) is 80.5 Å². The van der Waals surface area contributed by atoms with Crippen LogP contribution < -0.4 is 4.90 Å². The van der Waals surface area contributed by atoms with Crippen molar-refractivity contribution >= 4 is 5.69 Å². The van der Waals surface area contributed by atoms with E-state index in [0.29, 0.717) is 17.9 Å². The summed E-state index contributed by atoms with van der Waals surface area (Å²) in [6.45, 7) is 9.45. The number of anilines is 1. The minimum absolute atomic E-state index is 0.487. The lowest BCUT2D eigenvalue weighted by atomic mass is 9.74. The molecule has 4 aromatic carbocycles. The normalized spacial score (nSPS) is 23.0. The van der Waals surface area contributed by atoms with Crippen LogP contribution in [0.25, 0.3) is 33.4 Å². The Bertz CT molecular complexity index is 1690. The molecule has 4 atom stereocenters. The van der Waals surface area contributed by atoms with Gasteiger partial charge in [-0.25, -0.2) is 0 Å². The van der Waals surface area contributed by atoms with Crippen molar-refractivity contribution in [3.8, 4) is 33.4 Å². The molecule has 1 nitrogen and oxygen atoms in total. The van der Waals surface area contributed by atoms with Gasteiger partial charge in [0, 0.05) is 30.3 Å². The molecular weight excluding hydrogens is 518 g/mol. The maximum atomic E-state index is 2.71. The summed E-state index contributed by atoms with van der Waals surface area (Å²) in [5.41, 5.74) is 17.2. The van der Waals surface area contributed by atoms with E-state index in [9.17, 15) is 0 Å². The van der Waals surface area contributed by atoms with Crippen LogP contribution in [0.4, 0.5) is 5.69 Å². The molecule has 0 aromatic heterocycles. The fourth-order valence-electron chi connectivity index (χ4n) is 8.93. The van der Waals surface area contributed by atoms with Gasteiger partial charge < -0.3 is 4.90 Å². The van der Waals surface area contributed by atoms with Crippen molar-refractivity contribution < 1.29 is 0 Å². The first-order valence-electron chi connectivity index (χ1n) is 16.8. The molecule has 7 rings (SSSR count). The van der Waals surface area contributed by atoms with Crippen molar-refractivity contribution in [1.82, 2.24) is 0 Å². The molecule has 0 saturated heterocycles. The second-order valence-electron chi connectivity index (χ2n) is 13.8. The zero-order valence-corrected chi connectivity index (χ0v) is 26.8. The van der Waals surface area contributed by atoms with Crippen LogP contribution in [0.3, 0.4) is 0 Å². The fourth-order valence-corrected chi connectivity index (χ4v) is 8.93. The Morgan fingerprint density at radius 2 is 1.40 bits per heavy atom. The molecule has 0 bridgehead atoms. The largest absolute Gasteiger partial charge is 0.370 e. The Labute approximate surface area is 259 Å². The molecule has 0 aliphatic heterocycles. The van der Waals surface area contributed by atoms with Gasteiger partial charge in [-0.3, -0.25) is 0 Å². The van der Waals surface area contributed by atoms with Gasteiger partial charge in [0.05, 0.1) is 0 Å². The number of aryl methyl sites for hydroxylation is 2. The lowest BCUT2D eigenvalue weighted by Crippen LogP contribution is -2.37. The molecule has 3 aliphatic rings. The smallest absolute Gasteiger partial charge is 0.0449 e. The van der Waals surface area contributed by atoms with Crippen molar-refractivity contribution in [3.05, 3.63) is 113 Å². The van der Waals surface area contributed by atoms with E-state index in [-0.39, 0.29) is 0 Å². The summed E-state index contributed by atoms with van der Waals surface area (Å²) < 4.78 is 0. The number of benzene rings is 4. The molecule has 4 aromatic rings. The second kappa shape index (κ2) is 11.5. The van der Waals surface area contributed by atoms with Gasteiger partial charge in [-0.2, -0.15) is 0 Å². The first-order chi connectivity index (χ1) is 20.9. The summed E-state index contributed by atoms with van der Waals surface area (Å²) in [7, 11) is 2.40. The molecule has 0 radical (unpaired) electrons. The summed E-state index contributed by atoms with van der Waals surface area (Å²) in [6.07, 6.45) is 11.6. The average Bonchev–Trinajstić information content (AvgIpc) is 3.42. The Hall–Kier alpha value is -3.58. The number of rotatable bonds is 5. The highest BCUT2D eigenvalue weighted by Gasteiger charge is 2.39. The summed E-state index contributed by atoms with van der Waals surface area (Å²) >= 11 is 0. The topological polar surface area (TPSA) is 3.24 Å². The van der Waals surface area contributed by atoms with E-state index in [4.69, 9.17) is 0 Å². The highest BCUT2D eigenvalue weighted by atomic mass is 15.1. The van der Waals surface area contributed by atoms with E-state index in [1.54, 1.807) is 5.57 Å². The predicted octanol–water partition coefficient (Wildman–Crippen LogP) is 11.3. The number of hydrogen-bond donors (Lipinski definition) is 0. The zero-order valence-electron chi connectivity index (χ0n) is 26.8. The van der Waals surface area contributed by atoms with Crippen LogP contribution in [0.15, 0.2) is 90.5 Å². The van der Waals surface area contributed by atoms with Gasteiger partial charge >= 0.3 is 0 Å². The zero-order chi connectivity index (χ0) is 29.7. The third-order valence-electron chi connectivity index (χ3n) is 11.1. The van der Waals surface area contributed by atoms with Gasteiger partial charge in [0.25, 0.3) is 0 Å². The van der Waals surface area contributed by atoms with E-state index >= 15 is 0 Å². The highest BCUT2D eigenvalue weighted by molar-refractivity contribution is 5.99. The van der Waals surface area contributed by atoms with E-state index in [2.05, 4.69) is 125 Å². The first-order valence-corrected chi connectivity index (χ1v) is 16.8. The molecule has 43 heavy (non-hydrogen) atoms. The lowest BCUT2D eigenvalue weighted by Gasteiger charge is -2.38. The Morgan fingerprint density at radius 1 is 0.674 bits per heavy atom. The molecule has 4 unspecified atom stereocenters. The minimum Gasteiger partial charge on any atom is -0.370 e. The number of hydrogen-bond acceptors (Lipinski definition) is 1. The van der Waals surface area contributed by atoms with Crippen LogP contribution in [0, 0.1) is 25.7 Å². The standard InChI is InChI=1S/C42H47N/c1-27-14-9-10-19-33(27)40-28(2)15-11-21-35(40)36-22-13-20-34-30(4)26-32-18-12-23-37(41(32)42(34)36)43(5)38-25-24-29(3)39(38)31-16-7-6-8-17-31/h9-16,18-23,29-30,38-39H,6-8,17,24-26H2,1-5H3. The predicted molar refractivity (Wildman–Crippen MR) is 185 cm³/mol. The van der Waals surface area contributed by atoms with Crippen molar-refractivity contribution in [2.24, 2.45) is 11.8 Å². The number of fused-ring (bicyclic) bond motifs is 3. The molecule has 0 N–H and O–H groups in total. The van der Waals surface area contributed by atoms with Crippen molar-refractivity contribution in [2.75, 3.05) is 11.9 Å². The highest BCUT2D eigenvalue weighted by Crippen LogP contribution is 2.52. The third kappa shape index (κ3) is 4.86. The lowest BCUT2D eigenvalue weighted by molar-refractivity contribution is 0.413. The van der Waals surface area contributed by atoms with Crippen LogP contribution >= 0.6 is 0 Å². The minimum atomic E-state index is 0.487. The maximum absolute atomic E-state index is 2.71. The summed E-state index contributed by atoms with van der Waals surface area (Å²) in [5.74, 6) is 1.91. The molecular formula is C42H47N. The van der Waals surface area contributed by atoms with Gasteiger partial charge in [-0.1, -0.05) is 98.3 Å². The molecule has 3 aliphatic carbocycles. The SMILES string of the molecule is Cc1ccccc1-c1c(C)cccc1-c1cccc2c1-c1c(cccc1N(C)C1CCC(C)C1C1=CCCCC1)CC2C. The maximum Gasteiger partial charge on any atom is 0.0449 e. The van der Waals surface area contributed by atoms with Gasteiger partial charge in [-0.15, -0.1) is 0 Å². The molecule has 0 spiro atoms. The van der Waals surface area contributed by atoms with Crippen LogP contribution in [0.2, 0.25) is 0 Å². The molecule has 1 heteroatoms. The van der Waals surface area contributed by atoms with Crippen molar-refractivity contribution in [2.45, 2.75) is 84.6 Å². The Morgan fingerprint density at radius 3 is 2.19 bits per heavy atom. The quantitative estimate of drug-likeness (QED) is 0.218. The molecule has 0 amide bonds. The van der Waals surface area contributed by atoms with Crippen LogP contribution in [0.5, 0.6) is 0 Å². The van der Waals surface area contributed by atoms with Gasteiger partial charge in [-0.05, 0) is 127 Å². The van der Waals surface area contributed by atoms with E-state index in [1.165, 1.54) is 99.8 Å². The number of allylic oxidation sites excluding steroid dienone is 1. The van der Waals surface area contributed by atoms with Crippen molar-refractivity contribution in [3.63, 3.8) is 0 Å². The van der Waals surface area contributed by atoms with Crippen LogP contribution in [-0.2, 0) is 6.42 Å². The number of nitrogens with zero attached hydrogens (tertiary/aromatic N) is 1. The summed E-state index contributed by atoms with van der Waals surface area (Å²) in [4.78, 5) is 2.71. The van der Waals surface area contributed by atoms with Gasteiger partial charge in [0.1, 0.15) is 0 Å². The monoisotopic (exact) mass is 565 g/mol.